The molecule has 1 aromatic carbocycles. The molecular weight excluding hydrogens is 328 g/mol. The predicted molar refractivity (Wildman–Crippen MR) is 101 cm³/mol. The molecule has 4 rings (SSSR count). The topological polar surface area (TPSA) is 101 Å². The molecule has 1 aliphatic carbocycles. The molecule has 6 heteroatoms. The molecule has 0 unspecified atom stereocenters. The molecule has 6 nitrogen and oxygen atoms in total. The summed E-state index contributed by atoms with van der Waals surface area (Å²) in [4.78, 5) is 21.0. The Morgan fingerprint density at radius 1 is 1.35 bits per heavy atom. The number of benzene rings is 1. The SMILES string of the molecule is Cc1ccccc1-c1cc2cc(NC(=O)[C@@H]3C[C@H]3CO)ncc2c(N)n1. The van der Waals surface area contributed by atoms with Gasteiger partial charge in [0.25, 0.3) is 0 Å². The van der Waals surface area contributed by atoms with Crippen molar-refractivity contribution in [2.45, 2.75) is 13.3 Å². The van der Waals surface area contributed by atoms with Crippen LogP contribution in [0.15, 0.2) is 42.6 Å². The Hall–Kier alpha value is -2.99. The average Bonchev–Trinajstić information content (AvgIpc) is 3.42. The number of hydrogen-bond donors (Lipinski definition) is 3. The molecule has 2 heterocycles. The van der Waals surface area contributed by atoms with E-state index in [2.05, 4.69) is 15.3 Å². The number of hydrogen-bond acceptors (Lipinski definition) is 5. The Bertz CT molecular complexity index is 1000. The van der Waals surface area contributed by atoms with Gasteiger partial charge in [0.2, 0.25) is 5.91 Å². The zero-order valence-electron chi connectivity index (χ0n) is 14.4. The molecule has 132 valence electrons. The number of nitrogens with two attached hydrogens (primary N) is 1. The number of aliphatic hydroxyl groups is 1. The number of rotatable bonds is 4. The number of amides is 1. The molecule has 0 bridgehead atoms. The van der Waals surface area contributed by atoms with Crippen LogP contribution >= 0.6 is 0 Å². The van der Waals surface area contributed by atoms with Gasteiger partial charge in [0.1, 0.15) is 11.6 Å². The van der Waals surface area contributed by atoms with E-state index in [0.29, 0.717) is 11.6 Å². The molecule has 0 saturated heterocycles. The van der Waals surface area contributed by atoms with Crippen LogP contribution in [0.3, 0.4) is 0 Å². The van der Waals surface area contributed by atoms with Gasteiger partial charge < -0.3 is 16.2 Å². The normalized spacial score (nSPS) is 18.7. The largest absolute Gasteiger partial charge is 0.396 e. The molecular formula is C20H20N4O2. The molecule has 1 saturated carbocycles. The first-order chi connectivity index (χ1) is 12.6. The highest BCUT2D eigenvalue weighted by molar-refractivity contribution is 5.98. The zero-order chi connectivity index (χ0) is 18.3. The Morgan fingerprint density at radius 3 is 2.88 bits per heavy atom. The fourth-order valence-corrected chi connectivity index (χ4v) is 3.23. The number of aryl methyl sites for hydroxylation is 1. The minimum Gasteiger partial charge on any atom is -0.396 e. The van der Waals surface area contributed by atoms with Crippen LogP contribution < -0.4 is 11.1 Å². The summed E-state index contributed by atoms with van der Waals surface area (Å²) in [6.07, 6.45) is 2.36. The highest BCUT2D eigenvalue weighted by Crippen LogP contribution is 2.38. The Balaban J connectivity index is 1.68. The number of nitrogens with one attached hydrogen (secondary N) is 1. The van der Waals surface area contributed by atoms with Crippen molar-refractivity contribution in [1.29, 1.82) is 0 Å². The molecule has 3 aromatic rings. The summed E-state index contributed by atoms with van der Waals surface area (Å²) in [6.45, 7) is 2.08. The van der Waals surface area contributed by atoms with E-state index in [1.807, 2.05) is 43.3 Å². The van der Waals surface area contributed by atoms with E-state index in [0.717, 1.165) is 34.0 Å². The number of aromatic nitrogens is 2. The summed E-state index contributed by atoms with van der Waals surface area (Å²) in [5, 5.41) is 13.6. The molecule has 4 N–H and O–H groups in total. The van der Waals surface area contributed by atoms with Gasteiger partial charge in [-0.3, -0.25) is 4.79 Å². The first-order valence-electron chi connectivity index (χ1n) is 8.61. The average molecular weight is 348 g/mol. The minimum atomic E-state index is -0.123. The molecule has 1 aliphatic rings. The fraction of sp³-hybridized carbons (Fsp3) is 0.250. The van der Waals surface area contributed by atoms with E-state index in [1.54, 1.807) is 6.20 Å². The number of anilines is 2. The van der Waals surface area contributed by atoms with Crippen LogP contribution in [0.4, 0.5) is 11.6 Å². The second kappa shape index (κ2) is 6.38. The number of nitrogen functional groups attached to an aromatic ring is 1. The van der Waals surface area contributed by atoms with Crippen molar-refractivity contribution < 1.29 is 9.90 Å². The molecule has 0 aliphatic heterocycles. The van der Waals surface area contributed by atoms with Crippen LogP contribution in [0.25, 0.3) is 22.0 Å². The standard InChI is InChI=1S/C20H20N4O2/c1-11-4-2-3-5-14(11)17-7-12-8-18(22-9-16(12)19(21)23-17)24-20(26)15-6-13(15)10-25/h2-5,7-9,13,15,25H,6,10H2,1H3,(H2,21,23)(H,22,24,26)/t13-,15+/m0/s1. The summed E-state index contributed by atoms with van der Waals surface area (Å²) in [5.74, 6) is 0.739. The van der Waals surface area contributed by atoms with Crippen molar-refractivity contribution in [2.75, 3.05) is 17.7 Å². The van der Waals surface area contributed by atoms with Gasteiger partial charge >= 0.3 is 0 Å². The first-order valence-corrected chi connectivity index (χ1v) is 8.61. The number of carbonyl (C=O) groups excluding carboxylic acids is 1. The molecule has 0 radical (unpaired) electrons. The lowest BCUT2D eigenvalue weighted by Crippen LogP contribution is -2.16. The van der Waals surface area contributed by atoms with Crippen molar-refractivity contribution in [3.8, 4) is 11.3 Å². The van der Waals surface area contributed by atoms with Crippen LogP contribution in [-0.4, -0.2) is 27.6 Å². The summed E-state index contributed by atoms with van der Waals surface area (Å²) in [7, 11) is 0. The number of fused-ring (bicyclic) bond motifs is 1. The number of pyridine rings is 2. The lowest BCUT2D eigenvalue weighted by Gasteiger charge is -2.10. The highest BCUT2D eigenvalue weighted by Gasteiger charge is 2.42. The maximum atomic E-state index is 12.2. The summed E-state index contributed by atoms with van der Waals surface area (Å²) in [5.41, 5.74) is 9.05. The van der Waals surface area contributed by atoms with Crippen LogP contribution in [0.5, 0.6) is 0 Å². The molecule has 2 aromatic heterocycles. The van der Waals surface area contributed by atoms with E-state index in [1.165, 1.54) is 0 Å². The number of carbonyl (C=O) groups is 1. The van der Waals surface area contributed by atoms with Crippen molar-refractivity contribution in [3.63, 3.8) is 0 Å². The Morgan fingerprint density at radius 2 is 2.15 bits per heavy atom. The van der Waals surface area contributed by atoms with Gasteiger partial charge in [-0.15, -0.1) is 0 Å². The number of aliphatic hydroxyl groups excluding tert-OH is 1. The zero-order valence-corrected chi connectivity index (χ0v) is 14.4. The van der Waals surface area contributed by atoms with Crippen LogP contribution in [0.1, 0.15) is 12.0 Å². The maximum Gasteiger partial charge on any atom is 0.229 e. The van der Waals surface area contributed by atoms with Crippen LogP contribution in [0, 0.1) is 18.8 Å². The molecule has 26 heavy (non-hydrogen) atoms. The van der Waals surface area contributed by atoms with E-state index in [4.69, 9.17) is 10.8 Å². The lowest BCUT2D eigenvalue weighted by atomic mass is 10.0. The molecule has 1 amide bonds. The fourth-order valence-electron chi connectivity index (χ4n) is 3.23. The predicted octanol–water partition coefficient (Wildman–Crippen LogP) is 2.75. The van der Waals surface area contributed by atoms with Gasteiger partial charge in [0.05, 0.1) is 5.69 Å². The number of nitrogens with zero attached hydrogens (tertiary/aromatic N) is 2. The van der Waals surface area contributed by atoms with Crippen molar-refractivity contribution in [2.24, 2.45) is 11.8 Å². The van der Waals surface area contributed by atoms with E-state index < -0.39 is 0 Å². The van der Waals surface area contributed by atoms with E-state index in [-0.39, 0.29) is 24.3 Å². The van der Waals surface area contributed by atoms with Crippen molar-refractivity contribution >= 4 is 28.3 Å². The third-order valence-electron chi connectivity index (χ3n) is 4.91. The van der Waals surface area contributed by atoms with Gasteiger partial charge in [-0.05, 0) is 42.3 Å². The summed E-state index contributed by atoms with van der Waals surface area (Å²) in [6, 6.07) is 11.8. The van der Waals surface area contributed by atoms with Crippen molar-refractivity contribution in [3.05, 3.63) is 48.2 Å². The first kappa shape index (κ1) is 16.5. The third kappa shape index (κ3) is 2.99. The van der Waals surface area contributed by atoms with Gasteiger partial charge in [-0.2, -0.15) is 0 Å². The van der Waals surface area contributed by atoms with Gasteiger partial charge in [0, 0.05) is 29.7 Å². The Labute approximate surface area is 151 Å². The molecule has 1 fully saturated rings. The second-order valence-electron chi connectivity index (χ2n) is 6.77. The monoisotopic (exact) mass is 348 g/mol. The van der Waals surface area contributed by atoms with Gasteiger partial charge in [-0.1, -0.05) is 24.3 Å². The second-order valence-corrected chi connectivity index (χ2v) is 6.77. The quantitative estimate of drug-likeness (QED) is 0.673. The van der Waals surface area contributed by atoms with Gasteiger partial charge in [0.15, 0.2) is 0 Å². The third-order valence-corrected chi connectivity index (χ3v) is 4.91. The maximum absolute atomic E-state index is 12.2. The summed E-state index contributed by atoms with van der Waals surface area (Å²) < 4.78 is 0. The summed E-state index contributed by atoms with van der Waals surface area (Å²) >= 11 is 0. The minimum absolute atomic E-state index is 0.0469. The smallest absolute Gasteiger partial charge is 0.229 e. The molecule has 2 atom stereocenters. The highest BCUT2D eigenvalue weighted by atomic mass is 16.3. The van der Waals surface area contributed by atoms with Crippen LogP contribution in [-0.2, 0) is 4.79 Å². The van der Waals surface area contributed by atoms with E-state index in [9.17, 15) is 4.79 Å². The Kier molecular flexibility index (Phi) is 4.05. The molecule has 0 spiro atoms. The van der Waals surface area contributed by atoms with Crippen molar-refractivity contribution in [1.82, 2.24) is 9.97 Å². The van der Waals surface area contributed by atoms with Crippen LogP contribution in [0.2, 0.25) is 0 Å². The van der Waals surface area contributed by atoms with Gasteiger partial charge in [-0.25, -0.2) is 9.97 Å². The lowest BCUT2D eigenvalue weighted by molar-refractivity contribution is -0.117. The van der Waals surface area contributed by atoms with E-state index >= 15 is 0 Å².